The molecule has 0 aliphatic heterocycles. The number of rotatable bonds is 44. The van der Waals surface area contributed by atoms with Crippen molar-refractivity contribution in [1.29, 1.82) is 0 Å². The lowest BCUT2D eigenvalue weighted by atomic mass is 10.1. The maximum Gasteiger partial charge on any atom is 0.306 e. The van der Waals surface area contributed by atoms with Crippen molar-refractivity contribution in [3.63, 3.8) is 0 Å². The van der Waals surface area contributed by atoms with Gasteiger partial charge >= 0.3 is 17.9 Å². The molecule has 62 heavy (non-hydrogen) atoms. The largest absolute Gasteiger partial charge is 0.462 e. The lowest BCUT2D eigenvalue weighted by molar-refractivity contribution is -0.167. The predicted molar refractivity (Wildman–Crippen MR) is 265 cm³/mol. The van der Waals surface area contributed by atoms with E-state index >= 15 is 0 Å². The van der Waals surface area contributed by atoms with Crippen LogP contribution in [0.15, 0.2) is 97.2 Å². The summed E-state index contributed by atoms with van der Waals surface area (Å²) in [6.07, 6.45) is 65.4. The Morgan fingerprint density at radius 1 is 0.339 bits per heavy atom. The molecule has 0 N–H and O–H groups in total. The molecule has 1 unspecified atom stereocenters. The fraction of sp³-hybridized carbons (Fsp3) is 0.661. The third kappa shape index (κ3) is 47.4. The summed E-state index contributed by atoms with van der Waals surface area (Å²) in [4.78, 5) is 37.9. The molecule has 0 aliphatic carbocycles. The van der Waals surface area contributed by atoms with Gasteiger partial charge in [-0.2, -0.15) is 0 Å². The topological polar surface area (TPSA) is 78.9 Å². The second kappa shape index (κ2) is 50.0. The van der Waals surface area contributed by atoms with Gasteiger partial charge in [-0.1, -0.05) is 182 Å². The van der Waals surface area contributed by atoms with E-state index < -0.39 is 6.10 Å². The van der Waals surface area contributed by atoms with E-state index in [0.29, 0.717) is 19.3 Å². The summed E-state index contributed by atoms with van der Waals surface area (Å²) >= 11 is 0. The fourth-order valence-corrected chi connectivity index (χ4v) is 6.56. The van der Waals surface area contributed by atoms with Crippen molar-refractivity contribution in [2.75, 3.05) is 13.2 Å². The first-order valence-corrected chi connectivity index (χ1v) is 25.2. The van der Waals surface area contributed by atoms with Crippen LogP contribution < -0.4 is 0 Å². The number of carbonyl (C=O) groups excluding carboxylic acids is 3. The van der Waals surface area contributed by atoms with Crippen molar-refractivity contribution < 1.29 is 28.6 Å². The van der Waals surface area contributed by atoms with E-state index in [1.807, 2.05) is 0 Å². The molecule has 0 saturated carbocycles. The van der Waals surface area contributed by atoms with Gasteiger partial charge in [0.15, 0.2) is 6.10 Å². The molecule has 352 valence electrons. The van der Waals surface area contributed by atoms with Crippen LogP contribution >= 0.6 is 0 Å². The maximum absolute atomic E-state index is 12.8. The molecule has 0 saturated heterocycles. The number of esters is 3. The summed E-state index contributed by atoms with van der Waals surface area (Å²) in [5, 5.41) is 0. The summed E-state index contributed by atoms with van der Waals surface area (Å²) in [7, 11) is 0. The summed E-state index contributed by atoms with van der Waals surface area (Å²) in [5.74, 6) is -0.992. The summed E-state index contributed by atoms with van der Waals surface area (Å²) in [6, 6.07) is 0. The minimum atomic E-state index is -0.810. The average Bonchev–Trinajstić information content (AvgIpc) is 3.27. The van der Waals surface area contributed by atoms with Gasteiger partial charge in [0.1, 0.15) is 13.2 Å². The van der Waals surface area contributed by atoms with Gasteiger partial charge in [-0.15, -0.1) is 0 Å². The molecule has 0 bridgehead atoms. The molecular weight excluding hydrogens is 769 g/mol. The zero-order chi connectivity index (χ0) is 45.1. The van der Waals surface area contributed by atoms with Gasteiger partial charge in [0.2, 0.25) is 0 Å². The number of unbranched alkanes of at least 4 members (excludes halogenated alkanes) is 17. The lowest BCUT2D eigenvalue weighted by Gasteiger charge is -2.18. The first-order chi connectivity index (χ1) is 30.5. The highest BCUT2D eigenvalue weighted by molar-refractivity contribution is 5.71. The third-order valence-corrected chi connectivity index (χ3v) is 10.3. The Bertz CT molecular complexity index is 1260. The molecule has 6 nitrogen and oxygen atoms in total. The van der Waals surface area contributed by atoms with Crippen molar-refractivity contribution in [3.05, 3.63) is 97.2 Å². The standard InChI is InChI=1S/C56H92O6/c1-4-7-10-13-16-19-22-25-27-29-31-34-37-40-43-46-49-55(58)61-52-53(51-60-54(57)48-45-42-39-36-33-24-21-18-15-12-9-6-3)62-56(59)50-47-44-41-38-35-32-30-28-26-23-20-17-14-11-8-5-2/h7,9-10,12,16,18-19,21,25,27-28,30-31,33-34,36,53H,4-6,8,11,13-15,17,20,22-24,26,29,32,35,37-52H2,1-3H3/b10-7-,12-9-,19-16-,21-18-,27-25-,30-28-,34-31-,36-33-. The zero-order valence-electron chi connectivity index (χ0n) is 40.1. The van der Waals surface area contributed by atoms with Gasteiger partial charge in [-0.3, -0.25) is 14.4 Å². The molecule has 0 amide bonds. The quantitative estimate of drug-likeness (QED) is 0.0263. The Balaban J connectivity index is 4.50. The van der Waals surface area contributed by atoms with E-state index in [1.54, 1.807) is 0 Å². The number of ether oxygens (including phenoxy) is 3. The van der Waals surface area contributed by atoms with E-state index in [-0.39, 0.29) is 31.1 Å². The molecule has 0 aromatic rings. The first kappa shape index (κ1) is 58.3. The highest BCUT2D eigenvalue weighted by atomic mass is 16.6. The van der Waals surface area contributed by atoms with Crippen LogP contribution in [0.3, 0.4) is 0 Å². The lowest BCUT2D eigenvalue weighted by Crippen LogP contribution is -2.30. The monoisotopic (exact) mass is 861 g/mol. The Morgan fingerprint density at radius 3 is 1.05 bits per heavy atom. The summed E-state index contributed by atoms with van der Waals surface area (Å²) < 4.78 is 16.7. The Kier molecular flexibility index (Phi) is 47.0. The second-order valence-corrected chi connectivity index (χ2v) is 16.3. The second-order valence-electron chi connectivity index (χ2n) is 16.3. The number of hydrogen-bond donors (Lipinski definition) is 0. The molecule has 0 heterocycles. The molecule has 0 aromatic carbocycles. The van der Waals surface area contributed by atoms with Crippen molar-refractivity contribution in [3.8, 4) is 0 Å². The van der Waals surface area contributed by atoms with Gasteiger partial charge in [0.25, 0.3) is 0 Å². The molecule has 0 spiro atoms. The Morgan fingerprint density at radius 2 is 0.629 bits per heavy atom. The summed E-state index contributed by atoms with van der Waals surface area (Å²) in [6.45, 7) is 6.32. The van der Waals surface area contributed by atoms with Crippen molar-refractivity contribution in [1.82, 2.24) is 0 Å². The molecular formula is C56H92O6. The average molecular weight is 861 g/mol. The van der Waals surface area contributed by atoms with Crippen LogP contribution in [0.2, 0.25) is 0 Å². The van der Waals surface area contributed by atoms with Gasteiger partial charge < -0.3 is 14.2 Å². The highest BCUT2D eigenvalue weighted by Gasteiger charge is 2.19. The first-order valence-electron chi connectivity index (χ1n) is 25.2. The van der Waals surface area contributed by atoms with Crippen LogP contribution in [-0.4, -0.2) is 37.2 Å². The Hall–Kier alpha value is -3.67. The van der Waals surface area contributed by atoms with Crippen molar-refractivity contribution in [2.45, 2.75) is 226 Å². The van der Waals surface area contributed by atoms with Crippen molar-refractivity contribution in [2.24, 2.45) is 0 Å². The fourth-order valence-electron chi connectivity index (χ4n) is 6.56. The normalized spacial score (nSPS) is 12.9. The van der Waals surface area contributed by atoms with Gasteiger partial charge in [0, 0.05) is 19.3 Å². The maximum atomic E-state index is 12.8. The molecule has 1 atom stereocenters. The van der Waals surface area contributed by atoms with E-state index in [0.717, 1.165) is 122 Å². The van der Waals surface area contributed by atoms with E-state index in [2.05, 4.69) is 118 Å². The van der Waals surface area contributed by atoms with E-state index in [4.69, 9.17) is 14.2 Å². The molecule has 6 heteroatoms. The number of carbonyl (C=O) groups is 3. The molecule has 0 fully saturated rings. The minimum Gasteiger partial charge on any atom is -0.462 e. The molecule has 0 rings (SSSR count). The minimum absolute atomic E-state index is 0.111. The van der Waals surface area contributed by atoms with Crippen LogP contribution in [0.5, 0.6) is 0 Å². The van der Waals surface area contributed by atoms with Crippen LogP contribution in [0.1, 0.15) is 220 Å². The van der Waals surface area contributed by atoms with Gasteiger partial charge in [0.05, 0.1) is 0 Å². The SMILES string of the molecule is CC/C=C\C/C=C\C/C=C\C/C=C\CCCCCC(=O)OCC(COC(=O)CCCC/C=C\C/C=C\C/C=C\CC)OC(=O)CCCCCCC/C=C\CCCCCCCCC. The molecule has 0 aliphatic rings. The van der Waals surface area contributed by atoms with Gasteiger partial charge in [-0.05, 0) is 116 Å². The third-order valence-electron chi connectivity index (χ3n) is 10.3. The smallest absolute Gasteiger partial charge is 0.306 e. The number of allylic oxidation sites excluding steroid dienone is 16. The molecule has 0 aromatic heterocycles. The molecule has 0 radical (unpaired) electrons. The highest BCUT2D eigenvalue weighted by Crippen LogP contribution is 2.13. The van der Waals surface area contributed by atoms with Crippen LogP contribution in [0.4, 0.5) is 0 Å². The summed E-state index contributed by atoms with van der Waals surface area (Å²) in [5.41, 5.74) is 0. The predicted octanol–water partition coefficient (Wildman–Crippen LogP) is 16.6. The zero-order valence-corrected chi connectivity index (χ0v) is 40.1. The number of hydrogen-bond acceptors (Lipinski definition) is 6. The van der Waals surface area contributed by atoms with E-state index in [9.17, 15) is 14.4 Å². The van der Waals surface area contributed by atoms with Crippen LogP contribution in [0, 0.1) is 0 Å². The van der Waals surface area contributed by atoms with Crippen LogP contribution in [-0.2, 0) is 28.6 Å². The van der Waals surface area contributed by atoms with Gasteiger partial charge in [-0.25, -0.2) is 0 Å². The van der Waals surface area contributed by atoms with E-state index in [1.165, 1.54) is 57.8 Å². The Labute approximate surface area is 381 Å². The van der Waals surface area contributed by atoms with Crippen LogP contribution in [0.25, 0.3) is 0 Å². The van der Waals surface area contributed by atoms with Crippen molar-refractivity contribution >= 4 is 17.9 Å².